The van der Waals surface area contributed by atoms with Crippen molar-refractivity contribution >= 4 is 23.3 Å². The van der Waals surface area contributed by atoms with Gasteiger partial charge in [0, 0.05) is 36.7 Å². The number of halogens is 1. The molecule has 4 rings (SSSR count). The highest BCUT2D eigenvalue weighted by Gasteiger charge is 2.38. The number of hydrogen-bond donors (Lipinski definition) is 1. The second-order valence-corrected chi connectivity index (χ2v) is 11.9. The summed E-state index contributed by atoms with van der Waals surface area (Å²) in [5.41, 5.74) is 3.73. The van der Waals surface area contributed by atoms with Crippen molar-refractivity contribution in [2.45, 2.75) is 66.2 Å². The van der Waals surface area contributed by atoms with Crippen LogP contribution in [0.25, 0.3) is 11.1 Å². The Balaban J connectivity index is 1.69. The molecule has 9 heteroatoms. The van der Waals surface area contributed by atoms with Crippen LogP contribution in [0.3, 0.4) is 0 Å². The molecule has 1 aliphatic heterocycles. The van der Waals surface area contributed by atoms with Crippen LogP contribution in [0.15, 0.2) is 48.5 Å². The number of amides is 1. The third-order valence-corrected chi connectivity index (χ3v) is 7.28. The molecule has 1 amide bonds. The number of ether oxygens (including phenoxy) is 4. The van der Waals surface area contributed by atoms with Gasteiger partial charge in [-0.25, -0.2) is 4.39 Å². The molecule has 1 N–H and O–H groups in total. The molecule has 0 fully saturated rings. The largest absolute Gasteiger partial charge is 0.496 e. The van der Waals surface area contributed by atoms with Gasteiger partial charge in [-0.2, -0.15) is 0 Å². The Morgan fingerprint density at radius 2 is 1.72 bits per heavy atom. The average molecular weight is 593 g/mol. The highest BCUT2D eigenvalue weighted by atomic mass is 19.1. The number of nitrogens with zero attached hydrogens (tertiary/aromatic N) is 1. The maximum absolute atomic E-state index is 14.1. The van der Waals surface area contributed by atoms with Crippen LogP contribution < -0.4 is 24.4 Å². The fourth-order valence-electron chi connectivity index (χ4n) is 5.15. The Hall–Kier alpha value is -4.27. The lowest BCUT2D eigenvalue weighted by molar-refractivity contribution is -0.150. The summed E-state index contributed by atoms with van der Waals surface area (Å²) in [4.78, 5) is 26.9. The first-order valence-corrected chi connectivity index (χ1v) is 14.4. The standard InChI is InChI=1S/C34H41FN2O6/c1-20(2)15-31(38)43-22(4)18-41-24-11-12-26(30(17-24)40-8)25-13-14-28-32(37(7)33(39)34(5,6)36-28)27(25)19-42-29-16-23(35)10-9-21(29)3/h9-14,16-17,20,22,36H,15,18-19H2,1-8H3. The lowest BCUT2D eigenvalue weighted by Gasteiger charge is -2.39. The number of esters is 1. The van der Waals surface area contributed by atoms with Gasteiger partial charge < -0.3 is 29.2 Å². The third kappa shape index (κ3) is 7.21. The van der Waals surface area contributed by atoms with Crippen LogP contribution in [0.1, 0.15) is 52.2 Å². The molecule has 1 aliphatic rings. The van der Waals surface area contributed by atoms with Crippen molar-refractivity contribution in [1.82, 2.24) is 0 Å². The van der Waals surface area contributed by atoms with Crippen LogP contribution >= 0.6 is 0 Å². The van der Waals surface area contributed by atoms with Crippen molar-refractivity contribution in [3.8, 4) is 28.4 Å². The SMILES string of the molecule is COc1cc(OCC(C)OC(=O)CC(C)C)ccc1-c1ccc2c(c1COc1cc(F)ccc1C)N(C)C(=O)C(C)(C)N2. The second kappa shape index (κ2) is 12.9. The minimum atomic E-state index is -0.794. The van der Waals surface area contributed by atoms with Crippen LogP contribution in [0.4, 0.5) is 15.8 Å². The summed E-state index contributed by atoms with van der Waals surface area (Å²) in [7, 11) is 3.32. The fraction of sp³-hybridized carbons (Fsp3) is 0.412. The molecule has 0 saturated carbocycles. The molecule has 0 aromatic heterocycles. The van der Waals surface area contributed by atoms with Gasteiger partial charge in [-0.3, -0.25) is 9.59 Å². The highest BCUT2D eigenvalue weighted by Crippen LogP contribution is 2.45. The Bertz CT molecular complexity index is 1500. The topological polar surface area (TPSA) is 86.3 Å². The molecule has 8 nitrogen and oxygen atoms in total. The smallest absolute Gasteiger partial charge is 0.306 e. The minimum absolute atomic E-state index is 0.0726. The molecule has 0 saturated heterocycles. The first-order valence-electron chi connectivity index (χ1n) is 14.4. The number of hydrogen-bond acceptors (Lipinski definition) is 7. The molecular formula is C34H41FN2O6. The summed E-state index contributed by atoms with van der Waals surface area (Å²) in [5, 5.41) is 3.35. The number of aryl methyl sites for hydroxylation is 1. The molecule has 0 bridgehead atoms. The van der Waals surface area contributed by atoms with E-state index in [1.165, 1.54) is 12.1 Å². The first-order chi connectivity index (χ1) is 20.3. The van der Waals surface area contributed by atoms with Gasteiger partial charge >= 0.3 is 5.97 Å². The van der Waals surface area contributed by atoms with E-state index in [9.17, 15) is 14.0 Å². The Labute approximate surface area is 253 Å². The molecule has 0 spiro atoms. The maximum atomic E-state index is 14.1. The third-order valence-electron chi connectivity index (χ3n) is 7.28. The average Bonchev–Trinajstić information content (AvgIpc) is 2.94. The molecule has 3 aromatic rings. The predicted octanol–water partition coefficient (Wildman–Crippen LogP) is 6.91. The van der Waals surface area contributed by atoms with Gasteiger partial charge in [-0.15, -0.1) is 0 Å². The van der Waals surface area contributed by atoms with Crippen molar-refractivity contribution in [2.75, 3.05) is 31.0 Å². The van der Waals surface area contributed by atoms with E-state index in [1.807, 2.05) is 58.9 Å². The zero-order valence-electron chi connectivity index (χ0n) is 26.2. The van der Waals surface area contributed by atoms with E-state index in [-0.39, 0.29) is 31.0 Å². The van der Waals surface area contributed by atoms with E-state index in [0.717, 1.165) is 27.9 Å². The van der Waals surface area contributed by atoms with Crippen molar-refractivity contribution in [2.24, 2.45) is 5.92 Å². The molecule has 43 heavy (non-hydrogen) atoms. The number of nitrogens with one attached hydrogen (secondary N) is 1. The van der Waals surface area contributed by atoms with E-state index < -0.39 is 17.5 Å². The molecule has 0 radical (unpaired) electrons. The Kier molecular flexibility index (Phi) is 9.52. The summed E-state index contributed by atoms with van der Waals surface area (Å²) >= 11 is 0. The zero-order valence-corrected chi connectivity index (χ0v) is 26.2. The number of likely N-dealkylation sites (N-methyl/N-ethyl adjacent to an activating group) is 1. The van der Waals surface area contributed by atoms with Crippen molar-refractivity contribution < 1.29 is 32.9 Å². The van der Waals surface area contributed by atoms with Gasteiger partial charge in [0.2, 0.25) is 0 Å². The lowest BCUT2D eigenvalue weighted by Crippen LogP contribution is -2.52. The van der Waals surface area contributed by atoms with Crippen LogP contribution in [0, 0.1) is 18.7 Å². The molecule has 1 heterocycles. The van der Waals surface area contributed by atoms with Crippen molar-refractivity contribution in [3.05, 3.63) is 65.5 Å². The van der Waals surface area contributed by atoms with Crippen molar-refractivity contribution in [3.63, 3.8) is 0 Å². The van der Waals surface area contributed by atoms with Crippen molar-refractivity contribution in [1.29, 1.82) is 0 Å². The quantitative estimate of drug-likeness (QED) is 0.242. The van der Waals surface area contributed by atoms with E-state index in [0.29, 0.717) is 29.4 Å². The van der Waals surface area contributed by atoms with Crippen LogP contribution in [0.2, 0.25) is 0 Å². The number of rotatable bonds is 11. The second-order valence-electron chi connectivity index (χ2n) is 11.9. The van der Waals surface area contributed by atoms with Crippen LogP contribution in [-0.4, -0.2) is 44.3 Å². The van der Waals surface area contributed by atoms with Gasteiger partial charge in [0.1, 0.15) is 47.9 Å². The maximum Gasteiger partial charge on any atom is 0.306 e. The van der Waals surface area contributed by atoms with E-state index in [4.69, 9.17) is 18.9 Å². The molecule has 0 aliphatic carbocycles. The summed E-state index contributed by atoms with van der Waals surface area (Å²) in [6, 6.07) is 13.8. The number of carbonyl (C=O) groups excluding carboxylic acids is 2. The highest BCUT2D eigenvalue weighted by molar-refractivity contribution is 6.08. The lowest BCUT2D eigenvalue weighted by atomic mass is 9.91. The Morgan fingerprint density at radius 3 is 2.42 bits per heavy atom. The van der Waals surface area contributed by atoms with Gasteiger partial charge in [0.25, 0.3) is 5.91 Å². The number of fused-ring (bicyclic) bond motifs is 1. The summed E-state index contributed by atoms with van der Waals surface area (Å²) in [5.74, 6) is 0.982. The number of anilines is 2. The Morgan fingerprint density at radius 1 is 1.00 bits per heavy atom. The summed E-state index contributed by atoms with van der Waals surface area (Å²) < 4.78 is 37.4. The number of benzene rings is 3. The van der Waals surface area contributed by atoms with Crippen LogP contribution in [0.5, 0.6) is 17.2 Å². The molecule has 3 aromatic carbocycles. The summed E-state index contributed by atoms with van der Waals surface area (Å²) in [6.45, 7) is 11.5. The van der Waals surface area contributed by atoms with Gasteiger partial charge in [-0.1, -0.05) is 26.0 Å². The van der Waals surface area contributed by atoms with Gasteiger partial charge in [0.15, 0.2) is 0 Å². The number of methoxy groups -OCH3 is 1. The molecule has 230 valence electrons. The first kappa shape index (κ1) is 31.7. The predicted molar refractivity (Wildman–Crippen MR) is 166 cm³/mol. The van der Waals surface area contributed by atoms with Gasteiger partial charge in [0.05, 0.1) is 18.5 Å². The number of carbonyl (C=O) groups is 2. The van der Waals surface area contributed by atoms with E-state index in [2.05, 4.69) is 5.32 Å². The van der Waals surface area contributed by atoms with E-state index >= 15 is 0 Å². The van der Waals surface area contributed by atoms with Gasteiger partial charge in [-0.05, 0) is 69.0 Å². The minimum Gasteiger partial charge on any atom is -0.496 e. The molecule has 1 atom stereocenters. The van der Waals surface area contributed by atoms with E-state index in [1.54, 1.807) is 38.1 Å². The zero-order chi connectivity index (χ0) is 31.5. The van der Waals surface area contributed by atoms with Crippen LogP contribution in [-0.2, 0) is 20.9 Å². The molecule has 1 unspecified atom stereocenters. The molecular weight excluding hydrogens is 551 g/mol. The fourth-order valence-corrected chi connectivity index (χ4v) is 5.15. The normalized spacial score (nSPS) is 14.6. The summed E-state index contributed by atoms with van der Waals surface area (Å²) in [6.07, 6.45) is -0.0656. The monoisotopic (exact) mass is 592 g/mol.